The van der Waals surface area contributed by atoms with Crippen molar-refractivity contribution < 1.29 is 19.1 Å². The number of carbonyl (C=O) groups is 3. The summed E-state index contributed by atoms with van der Waals surface area (Å²) < 4.78 is 5.43. The summed E-state index contributed by atoms with van der Waals surface area (Å²) in [5.74, 6) is -0.573. The Labute approximate surface area is 175 Å². The Hall–Kier alpha value is -2.48. The molecule has 3 rings (SSSR count). The quantitative estimate of drug-likeness (QED) is 0.727. The molecule has 2 aliphatic heterocycles. The van der Waals surface area contributed by atoms with Crippen LogP contribution in [0.1, 0.15) is 33.6 Å². The highest BCUT2D eigenvalue weighted by atomic mass is 35.5. The first-order valence-electron chi connectivity index (χ1n) is 9.74. The molecular weight excluding hydrogens is 396 g/mol. The highest BCUT2D eigenvalue weighted by Crippen LogP contribution is 2.28. The number of nitrogens with zero attached hydrogens (tertiary/aromatic N) is 2. The number of hydrogen-bond donors (Lipinski definition) is 2. The Balaban J connectivity index is 1.62. The molecule has 9 heteroatoms. The molecule has 1 unspecified atom stereocenters. The third-order valence-electron chi connectivity index (χ3n) is 4.76. The SMILES string of the molecule is CC(C)(C)OC(=O)N1CCN(c2cc(Cl)cc(NC3CCC(=O)NC3=O)c2)CC1. The molecule has 29 heavy (non-hydrogen) atoms. The smallest absolute Gasteiger partial charge is 0.410 e. The molecule has 2 heterocycles. The molecule has 1 aromatic rings. The van der Waals surface area contributed by atoms with Crippen LogP contribution in [-0.2, 0) is 14.3 Å². The van der Waals surface area contributed by atoms with Gasteiger partial charge in [-0.15, -0.1) is 0 Å². The standard InChI is InChI=1S/C20H27ClN4O4/c1-20(2,3)29-19(28)25-8-6-24(7-9-25)15-11-13(21)10-14(12-15)22-16-4-5-17(26)23-18(16)27/h10-12,16,22H,4-9H2,1-3H3,(H,23,26,27). The van der Waals surface area contributed by atoms with Crippen LogP contribution in [0.5, 0.6) is 0 Å². The average molecular weight is 423 g/mol. The molecule has 2 saturated heterocycles. The number of piperazine rings is 1. The normalized spacial score (nSPS) is 20.3. The van der Waals surface area contributed by atoms with Crippen LogP contribution >= 0.6 is 11.6 Å². The number of imide groups is 1. The minimum atomic E-state index is -0.516. The molecular formula is C20H27ClN4O4. The van der Waals surface area contributed by atoms with Crippen LogP contribution in [0.3, 0.4) is 0 Å². The van der Waals surface area contributed by atoms with Crippen molar-refractivity contribution in [2.45, 2.75) is 45.3 Å². The number of anilines is 2. The van der Waals surface area contributed by atoms with Gasteiger partial charge in [-0.2, -0.15) is 0 Å². The summed E-state index contributed by atoms with van der Waals surface area (Å²) in [5, 5.41) is 6.05. The molecule has 2 N–H and O–H groups in total. The third kappa shape index (κ3) is 5.76. The zero-order valence-corrected chi connectivity index (χ0v) is 17.7. The van der Waals surface area contributed by atoms with Gasteiger partial charge in [-0.1, -0.05) is 11.6 Å². The van der Waals surface area contributed by atoms with E-state index in [0.29, 0.717) is 44.0 Å². The summed E-state index contributed by atoms with van der Waals surface area (Å²) in [4.78, 5) is 39.4. The molecule has 1 aromatic carbocycles. The largest absolute Gasteiger partial charge is 0.444 e. The van der Waals surface area contributed by atoms with Gasteiger partial charge in [0, 0.05) is 49.0 Å². The van der Waals surface area contributed by atoms with Crippen molar-refractivity contribution in [3.8, 4) is 0 Å². The van der Waals surface area contributed by atoms with Gasteiger partial charge in [-0.3, -0.25) is 14.9 Å². The molecule has 2 fully saturated rings. The second-order valence-electron chi connectivity index (χ2n) is 8.30. The summed E-state index contributed by atoms with van der Waals surface area (Å²) in [6.45, 7) is 7.96. The lowest BCUT2D eigenvalue weighted by molar-refractivity contribution is -0.133. The van der Waals surface area contributed by atoms with E-state index in [1.807, 2.05) is 32.9 Å². The Morgan fingerprint density at radius 1 is 1.17 bits per heavy atom. The molecule has 0 spiro atoms. The molecule has 0 saturated carbocycles. The van der Waals surface area contributed by atoms with Gasteiger partial charge in [0.25, 0.3) is 0 Å². The number of rotatable bonds is 3. The van der Waals surface area contributed by atoms with Gasteiger partial charge in [-0.05, 0) is 45.4 Å². The van der Waals surface area contributed by atoms with E-state index in [-0.39, 0.29) is 17.9 Å². The van der Waals surface area contributed by atoms with Gasteiger partial charge >= 0.3 is 6.09 Å². The molecule has 2 aliphatic rings. The molecule has 1 atom stereocenters. The second kappa shape index (κ2) is 8.49. The fourth-order valence-corrected chi connectivity index (χ4v) is 3.58. The van der Waals surface area contributed by atoms with Gasteiger partial charge in [0.1, 0.15) is 11.6 Å². The molecule has 0 bridgehead atoms. The van der Waals surface area contributed by atoms with Crippen molar-refractivity contribution in [1.82, 2.24) is 10.2 Å². The first kappa shape index (κ1) is 21.2. The fourth-order valence-electron chi connectivity index (χ4n) is 3.35. The Bertz CT molecular complexity index is 800. The van der Waals surface area contributed by atoms with E-state index in [1.54, 1.807) is 11.0 Å². The van der Waals surface area contributed by atoms with Crippen LogP contribution < -0.4 is 15.5 Å². The maximum atomic E-state index is 12.2. The number of halogens is 1. The first-order chi connectivity index (χ1) is 13.6. The molecule has 0 aromatic heterocycles. The number of amides is 3. The Morgan fingerprint density at radius 3 is 2.48 bits per heavy atom. The second-order valence-corrected chi connectivity index (χ2v) is 8.74. The summed E-state index contributed by atoms with van der Waals surface area (Å²) in [7, 11) is 0. The summed E-state index contributed by atoms with van der Waals surface area (Å²) in [6, 6.07) is 5.08. The molecule has 8 nitrogen and oxygen atoms in total. The fraction of sp³-hybridized carbons (Fsp3) is 0.550. The lowest BCUT2D eigenvalue weighted by Gasteiger charge is -2.37. The van der Waals surface area contributed by atoms with E-state index in [0.717, 1.165) is 11.4 Å². The zero-order chi connectivity index (χ0) is 21.2. The number of piperidine rings is 1. The number of ether oxygens (including phenoxy) is 1. The highest BCUT2D eigenvalue weighted by Gasteiger charge is 2.28. The monoisotopic (exact) mass is 422 g/mol. The number of nitrogens with one attached hydrogen (secondary N) is 2. The van der Waals surface area contributed by atoms with E-state index in [2.05, 4.69) is 15.5 Å². The van der Waals surface area contributed by atoms with E-state index >= 15 is 0 Å². The first-order valence-corrected chi connectivity index (χ1v) is 10.1. The minimum absolute atomic E-state index is 0.248. The van der Waals surface area contributed by atoms with Crippen molar-refractivity contribution in [1.29, 1.82) is 0 Å². The van der Waals surface area contributed by atoms with Crippen molar-refractivity contribution in [3.63, 3.8) is 0 Å². The predicted molar refractivity (Wildman–Crippen MR) is 111 cm³/mol. The van der Waals surface area contributed by atoms with E-state index in [4.69, 9.17) is 16.3 Å². The van der Waals surface area contributed by atoms with Crippen molar-refractivity contribution in [2.75, 3.05) is 36.4 Å². The van der Waals surface area contributed by atoms with Gasteiger partial charge in [-0.25, -0.2) is 4.79 Å². The molecule has 0 radical (unpaired) electrons. The summed E-state index contributed by atoms with van der Waals surface area (Å²) in [5.41, 5.74) is 1.12. The van der Waals surface area contributed by atoms with Crippen LogP contribution in [0, 0.1) is 0 Å². The topological polar surface area (TPSA) is 91.0 Å². The Morgan fingerprint density at radius 2 is 1.86 bits per heavy atom. The molecule has 3 amide bonds. The number of carbonyl (C=O) groups excluding carboxylic acids is 3. The van der Waals surface area contributed by atoms with Gasteiger partial charge in [0.05, 0.1) is 0 Å². The lowest BCUT2D eigenvalue weighted by Crippen LogP contribution is -2.50. The number of hydrogen-bond acceptors (Lipinski definition) is 6. The zero-order valence-electron chi connectivity index (χ0n) is 17.0. The summed E-state index contributed by atoms with van der Waals surface area (Å²) >= 11 is 6.29. The highest BCUT2D eigenvalue weighted by molar-refractivity contribution is 6.31. The van der Waals surface area contributed by atoms with Crippen molar-refractivity contribution in [3.05, 3.63) is 23.2 Å². The number of benzene rings is 1. The van der Waals surface area contributed by atoms with Crippen LogP contribution in [0.15, 0.2) is 18.2 Å². The molecule has 158 valence electrons. The van der Waals surface area contributed by atoms with Crippen molar-refractivity contribution >= 4 is 40.9 Å². The summed E-state index contributed by atoms with van der Waals surface area (Å²) in [6.07, 6.45) is 0.452. The van der Waals surface area contributed by atoms with Crippen LogP contribution in [-0.4, -0.2) is 60.6 Å². The third-order valence-corrected chi connectivity index (χ3v) is 4.98. The predicted octanol–water partition coefficient (Wildman–Crippen LogP) is 2.61. The average Bonchev–Trinajstić information content (AvgIpc) is 2.62. The van der Waals surface area contributed by atoms with Crippen molar-refractivity contribution in [2.24, 2.45) is 0 Å². The van der Waals surface area contributed by atoms with Crippen LogP contribution in [0.4, 0.5) is 16.2 Å². The van der Waals surface area contributed by atoms with Gasteiger partial charge < -0.3 is 19.9 Å². The van der Waals surface area contributed by atoms with E-state index in [1.165, 1.54) is 0 Å². The maximum Gasteiger partial charge on any atom is 0.410 e. The maximum absolute atomic E-state index is 12.2. The lowest BCUT2D eigenvalue weighted by atomic mass is 10.1. The van der Waals surface area contributed by atoms with Gasteiger partial charge in [0.15, 0.2) is 0 Å². The minimum Gasteiger partial charge on any atom is -0.444 e. The van der Waals surface area contributed by atoms with Gasteiger partial charge in [0.2, 0.25) is 11.8 Å². The van der Waals surface area contributed by atoms with E-state index in [9.17, 15) is 14.4 Å². The van der Waals surface area contributed by atoms with Crippen LogP contribution in [0.25, 0.3) is 0 Å². The molecule has 0 aliphatic carbocycles. The van der Waals surface area contributed by atoms with E-state index < -0.39 is 11.6 Å². The Kier molecular flexibility index (Phi) is 6.21. The van der Waals surface area contributed by atoms with Crippen LogP contribution in [0.2, 0.25) is 5.02 Å².